The van der Waals surface area contributed by atoms with Crippen LogP contribution in [-0.4, -0.2) is 48.4 Å². The predicted octanol–water partition coefficient (Wildman–Crippen LogP) is 1.50. The fourth-order valence-electron chi connectivity index (χ4n) is 1.64. The van der Waals surface area contributed by atoms with Gasteiger partial charge in [-0.1, -0.05) is 6.92 Å². The molecule has 2 amide bonds. The van der Waals surface area contributed by atoms with Crippen molar-refractivity contribution < 1.29 is 9.59 Å². The Hall–Kier alpha value is -2.11. The molecule has 1 aromatic heterocycles. The summed E-state index contributed by atoms with van der Waals surface area (Å²) in [7, 11) is 3.40. The molecule has 0 aliphatic carbocycles. The summed E-state index contributed by atoms with van der Waals surface area (Å²) in [6, 6.07) is 3.66. The first-order valence-corrected chi connectivity index (χ1v) is 7.15. The van der Waals surface area contributed by atoms with E-state index in [1.807, 2.05) is 13.8 Å². The highest BCUT2D eigenvalue weighted by atomic mass is 16.2. The van der Waals surface area contributed by atoms with Gasteiger partial charge in [-0.15, -0.1) is 0 Å². The first-order chi connectivity index (χ1) is 9.93. The van der Waals surface area contributed by atoms with E-state index in [0.29, 0.717) is 24.3 Å². The van der Waals surface area contributed by atoms with E-state index in [-0.39, 0.29) is 17.9 Å². The largest absolute Gasteiger partial charge is 0.370 e. The van der Waals surface area contributed by atoms with Crippen molar-refractivity contribution in [1.29, 1.82) is 0 Å². The first-order valence-electron chi connectivity index (χ1n) is 7.15. The van der Waals surface area contributed by atoms with E-state index in [2.05, 4.69) is 15.6 Å². The van der Waals surface area contributed by atoms with Gasteiger partial charge in [-0.3, -0.25) is 9.59 Å². The fraction of sp³-hybridized carbons (Fsp3) is 0.533. The molecule has 0 fully saturated rings. The molecule has 6 nitrogen and oxygen atoms in total. The van der Waals surface area contributed by atoms with Crippen LogP contribution in [0.25, 0.3) is 0 Å². The van der Waals surface area contributed by atoms with Gasteiger partial charge in [0.2, 0.25) is 5.91 Å². The van der Waals surface area contributed by atoms with Gasteiger partial charge in [0.05, 0.1) is 5.56 Å². The summed E-state index contributed by atoms with van der Waals surface area (Å²) in [4.78, 5) is 29.0. The number of hydrogen-bond acceptors (Lipinski definition) is 4. The van der Waals surface area contributed by atoms with Crippen LogP contribution in [0, 0.1) is 0 Å². The summed E-state index contributed by atoms with van der Waals surface area (Å²) < 4.78 is 0. The van der Waals surface area contributed by atoms with Crippen molar-refractivity contribution in [1.82, 2.24) is 15.2 Å². The third kappa shape index (κ3) is 5.81. The van der Waals surface area contributed by atoms with Crippen molar-refractivity contribution in [3.8, 4) is 0 Å². The second kappa shape index (κ2) is 8.24. The monoisotopic (exact) mass is 292 g/mol. The molecule has 1 heterocycles. The highest BCUT2D eigenvalue weighted by Crippen LogP contribution is 2.06. The molecule has 0 aliphatic heterocycles. The Kier molecular flexibility index (Phi) is 6.65. The Morgan fingerprint density at radius 2 is 2.05 bits per heavy atom. The van der Waals surface area contributed by atoms with Gasteiger partial charge in [0.15, 0.2) is 0 Å². The molecule has 116 valence electrons. The number of carbonyl (C=O) groups is 2. The lowest BCUT2D eigenvalue weighted by Crippen LogP contribution is -2.33. The average molecular weight is 292 g/mol. The summed E-state index contributed by atoms with van der Waals surface area (Å²) in [5.41, 5.74) is 0.542. The molecular weight excluding hydrogens is 268 g/mol. The molecule has 1 rings (SSSR count). The first kappa shape index (κ1) is 16.9. The van der Waals surface area contributed by atoms with Crippen molar-refractivity contribution in [3.05, 3.63) is 23.9 Å². The van der Waals surface area contributed by atoms with Gasteiger partial charge >= 0.3 is 0 Å². The Morgan fingerprint density at radius 3 is 2.57 bits per heavy atom. The van der Waals surface area contributed by atoms with Gasteiger partial charge in [0, 0.05) is 39.3 Å². The average Bonchev–Trinajstić information content (AvgIpc) is 2.46. The van der Waals surface area contributed by atoms with Gasteiger partial charge in [-0.2, -0.15) is 0 Å². The summed E-state index contributed by atoms with van der Waals surface area (Å²) in [6.07, 6.45) is 2.84. The molecule has 0 spiro atoms. The van der Waals surface area contributed by atoms with Gasteiger partial charge in [0.1, 0.15) is 5.82 Å². The number of carbonyl (C=O) groups excluding carboxylic acids is 2. The number of amides is 2. The minimum Gasteiger partial charge on any atom is -0.370 e. The molecule has 0 radical (unpaired) electrons. The van der Waals surface area contributed by atoms with E-state index in [0.717, 1.165) is 6.42 Å². The van der Waals surface area contributed by atoms with Crippen LogP contribution in [0.3, 0.4) is 0 Å². The summed E-state index contributed by atoms with van der Waals surface area (Å²) >= 11 is 0. The van der Waals surface area contributed by atoms with Crippen LogP contribution in [-0.2, 0) is 4.79 Å². The van der Waals surface area contributed by atoms with Gasteiger partial charge in [-0.05, 0) is 25.5 Å². The Morgan fingerprint density at radius 1 is 1.33 bits per heavy atom. The lowest BCUT2D eigenvalue weighted by Gasteiger charge is -2.12. The normalized spacial score (nSPS) is 11.6. The number of hydrogen-bond donors (Lipinski definition) is 2. The smallest absolute Gasteiger partial charge is 0.254 e. The maximum absolute atomic E-state index is 11.7. The molecule has 0 saturated carbocycles. The molecule has 1 unspecified atom stereocenters. The summed E-state index contributed by atoms with van der Waals surface area (Å²) in [6.45, 7) is 4.52. The molecule has 0 saturated heterocycles. The summed E-state index contributed by atoms with van der Waals surface area (Å²) in [5.74, 6) is 0.597. The fourth-order valence-corrected chi connectivity index (χ4v) is 1.64. The lowest BCUT2D eigenvalue weighted by atomic mass is 10.2. The van der Waals surface area contributed by atoms with Crippen LogP contribution in [0.1, 0.15) is 37.0 Å². The van der Waals surface area contributed by atoms with Crippen LogP contribution < -0.4 is 10.6 Å². The van der Waals surface area contributed by atoms with E-state index >= 15 is 0 Å². The van der Waals surface area contributed by atoms with Crippen molar-refractivity contribution in [2.75, 3.05) is 26.0 Å². The zero-order chi connectivity index (χ0) is 15.8. The maximum atomic E-state index is 11.7. The van der Waals surface area contributed by atoms with Crippen molar-refractivity contribution >= 4 is 17.6 Å². The predicted molar refractivity (Wildman–Crippen MR) is 83.3 cm³/mol. The van der Waals surface area contributed by atoms with E-state index in [1.165, 1.54) is 11.1 Å². The third-order valence-corrected chi connectivity index (χ3v) is 3.09. The highest BCUT2D eigenvalue weighted by Gasteiger charge is 2.08. The van der Waals surface area contributed by atoms with Crippen molar-refractivity contribution in [2.24, 2.45) is 0 Å². The third-order valence-electron chi connectivity index (χ3n) is 3.09. The number of nitrogens with one attached hydrogen (secondary N) is 2. The van der Waals surface area contributed by atoms with Crippen LogP contribution in [0.5, 0.6) is 0 Å². The molecule has 6 heteroatoms. The van der Waals surface area contributed by atoms with E-state index in [4.69, 9.17) is 0 Å². The number of anilines is 1. The van der Waals surface area contributed by atoms with Crippen molar-refractivity contribution in [3.63, 3.8) is 0 Å². The van der Waals surface area contributed by atoms with Crippen LogP contribution >= 0.6 is 0 Å². The van der Waals surface area contributed by atoms with Gasteiger partial charge in [0.25, 0.3) is 5.91 Å². The zero-order valence-corrected chi connectivity index (χ0v) is 13.1. The quantitative estimate of drug-likeness (QED) is 0.798. The maximum Gasteiger partial charge on any atom is 0.254 e. The van der Waals surface area contributed by atoms with Crippen LogP contribution in [0.2, 0.25) is 0 Å². The molecule has 0 aromatic carbocycles. The standard InChI is InChI=1S/C15H24N4O2/c1-5-11(2)18-14(20)8-9-16-13-7-6-12(10-17-13)15(21)19(3)4/h6-7,10-11H,5,8-9H2,1-4H3,(H,16,17)(H,18,20). The molecule has 0 aliphatic rings. The number of nitrogens with zero attached hydrogens (tertiary/aromatic N) is 2. The van der Waals surface area contributed by atoms with Crippen LogP contribution in [0.15, 0.2) is 18.3 Å². The second-order valence-corrected chi connectivity index (χ2v) is 5.19. The molecule has 2 N–H and O–H groups in total. The molecule has 1 aromatic rings. The molecular formula is C15H24N4O2. The van der Waals surface area contributed by atoms with Gasteiger partial charge < -0.3 is 15.5 Å². The van der Waals surface area contributed by atoms with Crippen LogP contribution in [0.4, 0.5) is 5.82 Å². The second-order valence-electron chi connectivity index (χ2n) is 5.19. The minimum absolute atomic E-state index is 0.0243. The number of pyridine rings is 1. The van der Waals surface area contributed by atoms with Gasteiger partial charge in [-0.25, -0.2) is 4.98 Å². The number of rotatable bonds is 7. The van der Waals surface area contributed by atoms with E-state index in [1.54, 1.807) is 26.2 Å². The van der Waals surface area contributed by atoms with E-state index in [9.17, 15) is 9.59 Å². The number of aromatic nitrogens is 1. The Bertz CT molecular complexity index is 471. The minimum atomic E-state index is -0.0815. The Balaban J connectivity index is 2.40. The topological polar surface area (TPSA) is 74.3 Å². The van der Waals surface area contributed by atoms with Crippen molar-refractivity contribution in [2.45, 2.75) is 32.7 Å². The van der Waals surface area contributed by atoms with E-state index < -0.39 is 0 Å². The molecule has 1 atom stereocenters. The highest BCUT2D eigenvalue weighted by molar-refractivity contribution is 5.93. The molecule has 21 heavy (non-hydrogen) atoms. The zero-order valence-electron chi connectivity index (χ0n) is 13.1. The Labute approximate surface area is 125 Å². The SMILES string of the molecule is CCC(C)NC(=O)CCNc1ccc(C(=O)N(C)C)cn1. The molecule has 0 bridgehead atoms. The summed E-state index contributed by atoms with van der Waals surface area (Å²) in [5, 5.41) is 5.97. The lowest BCUT2D eigenvalue weighted by molar-refractivity contribution is -0.121.